The molecule has 19 heavy (non-hydrogen) atoms. The van der Waals surface area contributed by atoms with Crippen LogP contribution in [0.3, 0.4) is 0 Å². The van der Waals surface area contributed by atoms with Gasteiger partial charge < -0.3 is 15.2 Å². The Balaban J connectivity index is 1.96. The zero-order valence-electron chi connectivity index (χ0n) is 10.8. The number of benzene rings is 1. The molecular formula is C14H17FN2O2. The van der Waals surface area contributed by atoms with Gasteiger partial charge in [-0.2, -0.15) is 5.26 Å². The van der Waals surface area contributed by atoms with Gasteiger partial charge in [-0.05, 0) is 30.7 Å². The van der Waals surface area contributed by atoms with Gasteiger partial charge in [-0.3, -0.25) is 0 Å². The molecule has 102 valence electrons. The smallest absolute Gasteiger partial charge is 0.123 e. The van der Waals surface area contributed by atoms with E-state index >= 15 is 0 Å². The van der Waals surface area contributed by atoms with Crippen LogP contribution in [0.15, 0.2) is 18.2 Å². The van der Waals surface area contributed by atoms with Gasteiger partial charge in [-0.25, -0.2) is 4.39 Å². The first kappa shape index (κ1) is 13.9. The molecule has 1 aliphatic heterocycles. The Morgan fingerprint density at radius 1 is 1.63 bits per heavy atom. The van der Waals surface area contributed by atoms with Crippen molar-refractivity contribution in [3.63, 3.8) is 0 Å². The van der Waals surface area contributed by atoms with Crippen LogP contribution in [0.25, 0.3) is 0 Å². The van der Waals surface area contributed by atoms with Crippen molar-refractivity contribution >= 4 is 0 Å². The van der Waals surface area contributed by atoms with Gasteiger partial charge in [-0.1, -0.05) is 0 Å². The number of nitrogens with zero attached hydrogens (tertiary/aromatic N) is 1. The zero-order chi connectivity index (χ0) is 13.9. The molecule has 0 bridgehead atoms. The number of ether oxygens (including phenoxy) is 1. The first-order valence-corrected chi connectivity index (χ1v) is 6.28. The molecule has 0 spiro atoms. The Morgan fingerprint density at radius 3 is 3.05 bits per heavy atom. The van der Waals surface area contributed by atoms with Crippen molar-refractivity contribution in [2.45, 2.75) is 31.6 Å². The summed E-state index contributed by atoms with van der Waals surface area (Å²) < 4.78 is 18.5. The lowest BCUT2D eigenvalue weighted by Crippen LogP contribution is -2.45. The van der Waals surface area contributed by atoms with E-state index in [4.69, 9.17) is 10.00 Å². The Kier molecular flexibility index (Phi) is 4.15. The van der Waals surface area contributed by atoms with E-state index in [2.05, 4.69) is 5.32 Å². The summed E-state index contributed by atoms with van der Waals surface area (Å²) in [7, 11) is 0. The van der Waals surface area contributed by atoms with Gasteiger partial charge in [0.2, 0.25) is 0 Å². The Hall–Kier alpha value is -1.48. The third kappa shape index (κ3) is 3.10. The number of nitrogens with one attached hydrogen (secondary N) is 1. The molecule has 2 rings (SSSR count). The van der Waals surface area contributed by atoms with E-state index < -0.39 is 5.60 Å². The summed E-state index contributed by atoms with van der Waals surface area (Å²) in [5.74, 6) is -0.368. The van der Waals surface area contributed by atoms with E-state index in [1.54, 1.807) is 0 Å². The van der Waals surface area contributed by atoms with Gasteiger partial charge in [0.15, 0.2) is 0 Å². The number of halogens is 1. The van der Waals surface area contributed by atoms with E-state index in [9.17, 15) is 9.50 Å². The van der Waals surface area contributed by atoms with Crippen LogP contribution in [0.4, 0.5) is 4.39 Å². The maximum Gasteiger partial charge on any atom is 0.123 e. The Bertz CT molecular complexity index is 501. The van der Waals surface area contributed by atoms with Crippen LogP contribution >= 0.6 is 0 Å². The largest absolute Gasteiger partial charge is 0.386 e. The second-order valence-corrected chi connectivity index (χ2v) is 4.88. The monoisotopic (exact) mass is 264 g/mol. The fourth-order valence-corrected chi connectivity index (χ4v) is 2.23. The number of hydrogen-bond acceptors (Lipinski definition) is 4. The van der Waals surface area contributed by atoms with Crippen LogP contribution in [0.2, 0.25) is 0 Å². The lowest BCUT2D eigenvalue weighted by molar-refractivity contribution is -0.0263. The van der Waals surface area contributed by atoms with Crippen LogP contribution in [-0.4, -0.2) is 30.0 Å². The quantitative estimate of drug-likeness (QED) is 0.861. The standard InChI is InChI=1S/C14H17FN2O2/c1-10-14(18,4-5-19-10)9-17-8-12-6-13(15)3-2-11(12)7-16/h2-3,6,10,17-18H,4-5,8-9H2,1H3. The predicted octanol–water partition coefficient (Wildman–Crippen LogP) is 1.33. The van der Waals surface area contributed by atoms with Crippen molar-refractivity contribution in [2.75, 3.05) is 13.2 Å². The molecule has 0 radical (unpaired) electrons. The SMILES string of the molecule is CC1OCCC1(O)CNCc1cc(F)ccc1C#N. The molecule has 1 fully saturated rings. The summed E-state index contributed by atoms with van der Waals surface area (Å²) in [5, 5.41) is 22.3. The summed E-state index contributed by atoms with van der Waals surface area (Å²) in [4.78, 5) is 0. The highest BCUT2D eigenvalue weighted by atomic mass is 19.1. The van der Waals surface area contributed by atoms with E-state index in [1.807, 2.05) is 13.0 Å². The number of nitriles is 1. The molecule has 0 aliphatic carbocycles. The lowest BCUT2D eigenvalue weighted by atomic mass is 9.96. The van der Waals surface area contributed by atoms with Crippen molar-refractivity contribution in [3.05, 3.63) is 35.1 Å². The first-order valence-electron chi connectivity index (χ1n) is 6.28. The minimum absolute atomic E-state index is 0.219. The molecule has 2 N–H and O–H groups in total. The highest BCUT2D eigenvalue weighted by molar-refractivity contribution is 5.37. The summed E-state index contributed by atoms with van der Waals surface area (Å²) >= 11 is 0. The van der Waals surface area contributed by atoms with Crippen molar-refractivity contribution in [2.24, 2.45) is 0 Å². The van der Waals surface area contributed by atoms with Gasteiger partial charge in [0, 0.05) is 26.1 Å². The molecule has 1 heterocycles. The predicted molar refractivity (Wildman–Crippen MR) is 67.8 cm³/mol. The third-order valence-corrected chi connectivity index (χ3v) is 3.59. The maximum atomic E-state index is 13.1. The number of hydrogen-bond donors (Lipinski definition) is 2. The van der Waals surface area contributed by atoms with Crippen LogP contribution in [0.5, 0.6) is 0 Å². The minimum Gasteiger partial charge on any atom is -0.386 e. The van der Waals surface area contributed by atoms with Crippen molar-refractivity contribution in [1.29, 1.82) is 5.26 Å². The van der Waals surface area contributed by atoms with E-state index in [0.29, 0.717) is 37.2 Å². The van der Waals surface area contributed by atoms with Crippen LogP contribution in [0, 0.1) is 17.1 Å². The molecule has 1 aliphatic rings. The van der Waals surface area contributed by atoms with E-state index in [-0.39, 0.29) is 11.9 Å². The summed E-state index contributed by atoms with van der Waals surface area (Å²) in [6, 6.07) is 6.09. The highest BCUT2D eigenvalue weighted by Crippen LogP contribution is 2.24. The van der Waals surface area contributed by atoms with Crippen molar-refractivity contribution in [3.8, 4) is 6.07 Å². The van der Waals surface area contributed by atoms with Crippen molar-refractivity contribution < 1.29 is 14.2 Å². The van der Waals surface area contributed by atoms with Crippen LogP contribution in [-0.2, 0) is 11.3 Å². The minimum atomic E-state index is -0.889. The Morgan fingerprint density at radius 2 is 2.42 bits per heavy atom. The summed E-state index contributed by atoms with van der Waals surface area (Å²) in [5.41, 5.74) is 0.148. The van der Waals surface area contributed by atoms with Gasteiger partial charge in [0.05, 0.1) is 17.7 Å². The van der Waals surface area contributed by atoms with Crippen LogP contribution in [0.1, 0.15) is 24.5 Å². The second kappa shape index (κ2) is 5.66. The molecule has 0 aromatic heterocycles. The summed E-state index contributed by atoms with van der Waals surface area (Å²) in [6.07, 6.45) is 0.359. The molecule has 1 aromatic rings. The Labute approximate surface area is 111 Å². The second-order valence-electron chi connectivity index (χ2n) is 4.88. The first-order chi connectivity index (χ1) is 9.05. The normalized spacial score (nSPS) is 26.3. The third-order valence-electron chi connectivity index (χ3n) is 3.59. The van der Waals surface area contributed by atoms with Gasteiger partial charge in [0.25, 0.3) is 0 Å². The highest BCUT2D eigenvalue weighted by Gasteiger charge is 2.38. The summed E-state index contributed by atoms with van der Waals surface area (Å²) in [6.45, 7) is 3.07. The molecule has 2 unspecified atom stereocenters. The number of rotatable bonds is 4. The topological polar surface area (TPSA) is 65.3 Å². The van der Waals surface area contributed by atoms with Gasteiger partial charge in [0.1, 0.15) is 11.4 Å². The zero-order valence-corrected chi connectivity index (χ0v) is 10.8. The van der Waals surface area contributed by atoms with Gasteiger partial charge in [-0.15, -0.1) is 0 Å². The molecule has 5 heteroatoms. The number of aliphatic hydroxyl groups is 1. The molecule has 2 atom stereocenters. The van der Waals surface area contributed by atoms with Gasteiger partial charge >= 0.3 is 0 Å². The molecule has 0 saturated carbocycles. The van der Waals surface area contributed by atoms with E-state index in [1.165, 1.54) is 18.2 Å². The molecule has 1 saturated heterocycles. The molecular weight excluding hydrogens is 247 g/mol. The fourth-order valence-electron chi connectivity index (χ4n) is 2.23. The molecule has 0 amide bonds. The average Bonchev–Trinajstić information content (AvgIpc) is 2.70. The van der Waals surface area contributed by atoms with Crippen LogP contribution < -0.4 is 5.32 Å². The maximum absolute atomic E-state index is 13.1. The van der Waals surface area contributed by atoms with E-state index in [0.717, 1.165) is 0 Å². The van der Waals surface area contributed by atoms with Crippen molar-refractivity contribution in [1.82, 2.24) is 5.32 Å². The molecule has 4 nitrogen and oxygen atoms in total. The molecule has 1 aromatic carbocycles. The lowest BCUT2D eigenvalue weighted by Gasteiger charge is -2.26. The fraction of sp³-hybridized carbons (Fsp3) is 0.500. The average molecular weight is 264 g/mol.